The Balaban J connectivity index is 2.09. The molecule has 0 bridgehead atoms. The van der Waals surface area contributed by atoms with Crippen LogP contribution in [-0.4, -0.2) is 58.4 Å². The summed E-state index contributed by atoms with van der Waals surface area (Å²) in [6, 6.07) is -0.789. The minimum absolute atomic E-state index is 0.0294. The number of ketones is 1. The van der Waals surface area contributed by atoms with Gasteiger partial charge in [-0.25, -0.2) is 4.79 Å². The van der Waals surface area contributed by atoms with Crippen molar-refractivity contribution in [3.63, 3.8) is 0 Å². The van der Waals surface area contributed by atoms with Crippen molar-refractivity contribution in [2.45, 2.75) is 25.3 Å². The number of rotatable bonds is 1. The van der Waals surface area contributed by atoms with Crippen molar-refractivity contribution in [3.05, 3.63) is 0 Å². The lowest BCUT2D eigenvalue weighted by molar-refractivity contribution is -0.134. The summed E-state index contributed by atoms with van der Waals surface area (Å²) in [6.07, 6.45) is 0.754. The maximum absolute atomic E-state index is 12.0. The SMILES string of the molecule is O=C1CC(C(=O)N2CCCC2)N(C(=O)O)C1. The molecule has 0 aromatic carbocycles. The van der Waals surface area contributed by atoms with Crippen molar-refractivity contribution in [2.24, 2.45) is 0 Å². The van der Waals surface area contributed by atoms with E-state index >= 15 is 0 Å². The number of likely N-dealkylation sites (tertiary alicyclic amines) is 2. The van der Waals surface area contributed by atoms with Crippen LogP contribution in [0.25, 0.3) is 0 Å². The monoisotopic (exact) mass is 226 g/mol. The van der Waals surface area contributed by atoms with E-state index in [4.69, 9.17) is 5.11 Å². The first-order valence-electron chi connectivity index (χ1n) is 5.39. The summed E-state index contributed by atoms with van der Waals surface area (Å²) in [6.45, 7) is 1.20. The van der Waals surface area contributed by atoms with Gasteiger partial charge in [-0.3, -0.25) is 14.5 Å². The van der Waals surface area contributed by atoms with E-state index in [-0.39, 0.29) is 24.7 Å². The zero-order chi connectivity index (χ0) is 11.7. The van der Waals surface area contributed by atoms with E-state index in [9.17, 15) is 14.4 Å². The van der Waals surface area contributed by atoms with Crippen LogP contribution in [0.1, 0.15) is 19.3 Å². The Kier molecular flexibility index (Phi) is 2.80. The summed E-state index contributed by atoms with van der Waals surface area (Å²) >= 11 is 0. The molecule has 2 amide bonds. The quantitative estimate of drug-likeness (QED) is 0.679. The minimum Gasteiger partial charge on any atom is -0.465 e. The molecule has 2 aliphatic rings. The van der Waals surface area contributed by atoms with Gasteiger partial charge in [-0.2, -0.15) is 0 Å². The highest BCUT2D eigenvalue weighted by Gasteiger charge is 2.41. The maximum Gasteiger partial charge on any atom is 0.408 e. The summed E-state index contributed by atoms with van der Waals surface area (Å²) in [4.78, 5) is 36.7. The molecule has 0 radical (unpaired) electrons. The summed E-state index contributed by atoms with van der Waals surface area (Å²) in [5.41, 5.74) is 0. The highest BCUT2D eigenvalue weighted by molar-refractivity contribution is 5.97. The van der Waals surface area contributed by atoms with Crippen molar-refractivity contribution < 1.29 is 19.5 Å². The highest BCUT2D eigenvalue weighted by Crippen LogP contribution is 2.19. The second-order valence-corrected chi connectivity index (χ2v) is 4.20. The van der Waals surface area contributed by atoms with Crippen LogP contribution in [0.5, 0.6) is 0 Å². The average molecular weight is 226 g/mol. The van der Waals surface area contributed by atoms with Gasteiger partial charge < -0.3 is 10.0 Å². The van der Waals surface area contributed by atoms with Gasteiger partial charge in [0.15, 0.2) is 5.78 Å². The fourth-order valence-electron chi connectivity index (χ4n) is 2.26. The van der Waals surface area contributed by atoms with Crippen molar-refractivity contribution >= 4 is 17.8 Å². The van der Waals surface area contributed by atoms with Crippen molar-refractivity contribution in [2.75, 3.05) is 19.6 Å². The van der Waals surface area contributed by atoms with Crippen molar-refractivity contribution in [3.8, 4) is 0 Å². The van der Waals surface area contributed by atoms with Gasteiger partial charge in [-0.1, -0.05) is 0 Å². The molecule has 2 saturated heterocycles. The third-order valence-electron chi connectivity index (χ3n) is 3.09. The summed E-state index contributed by atoms with van der Waals surface area (Å²) in [7, 11) is 0. The molecule has 1 unspecified atom stereocenters. The first-order chi connectivity index (χ1) is 7.59. The van der Waals surface area contributed by atoms with Crippen LogP contribution in [-0.2, 0) is 9.59 Å². The number of carboxylic acid groups (broad SMARTS) is 1. The lowest BCUT2D eigenvalue weighted by Gasteiger charge is -2.24. The number of hydrogen-bond donors (Lipinski definition) is 1. The lowest BCUT2D eigenvalue weighted by atomic mass is 10.2. The molecular formula is C10H14N2O4. The zero-order valence-electron chi connectivity index (χ0n) is 8.89. The predicted molar refractivity (Wildman–Crippen MR) is 54.0 cm³/mol. The van der Waals surface area contributed by atoms with Crippen molar-refractivity contribution in [1.29, 1.82) is 0 Å². The molecule has 1 N–H and O–H groups in total. The average Bonchev–Trinajstić information content (AvgIpc) is 2.84. The molecule has 2 heterocycles. The molecule has 6 heteroatoms. The van der Waals surface area contributed by atoms with E-state index in [0.717, 1.165) is 17.7 Å². The van der Waals surface area contributed by atoms with Crippen LogP contribution in [0.2, 0.25) is 0 Å². The van der Waals surface area contributed by atoms with Gasteiger partial charge >= 0.3 is 6.09 Å². The zero-order valence-corrected chi connectivity index (χ0v) is 8.89. The van der Waals surface area contributed by atoms with Gasteiger partial charge in [0.25, 0.3) is 0 Å². The van der Waals surface area contributed by atoms with E-state index in [1.54, 1.807) is 4.90 Å². The Morgan fingerprint density at radius 2 is 1.88 bits per heavy atom. The molecule has 0 saturated carbocycles. The highest BCUT2D eigenvalue weighted by atomic mass is 16.4. The van der Waals surface area contributed by atoms with Gasteiger partial charge in [0.1, 0.15) is 6.04 Å². The van der Waals surface area contributed by atoms with Gasteiger partial charge in [0, 0.05) is 19.5 Å². The predicted octanol–water partition coefficient (Wildman–Crippen LogP) is -0.0698. The molecule has 2 fully saturated rings. The smallest absolute Gasteiger partial charge is 0.408 e. The first kappa shape index (κ1) is 10.9. The van der Waals surface area contributed by atoms with E-state index in [1.807, 2.05) is 0 Å². The van der Waals surface area contributed by atoms with Gasteiger partial charge in [0.05, 0.1) is 6.54 Å². The lowest BCUT2D eigenvalue weighted by Crippen LogP contribution is -2.46. The van der Waals surface area contributed by atoms with E-state index in [2.05, 4.69) is 0 Å². The normalized spacial score (nSPS) is 25.2. The molecule has 6 nitrogen and oxygen atoms in total. The van der Waals surface area contributed by atoms with Crippen molar-refractivity contribution in [1.82, 2.24) is 9.80 Å². The summed E-state index contributed by atoms with van der Waals surface area (Å²) in [5, 5.41) is 8.90. The van der Waals surface area contributed by atoms with Gasteiger partial charge in [-0.15, -0.1) is 0 Å². The van der Waals surface area contributed by atoms with Crippen LogP contribution in [0.3, 0.4) is 0 Å². The fraction of sp³-hybridized carbons (Fsp3) is 0.700. The van der Waals surface area contributed by atoms with E-state index in [0.29, 0.717) is 13.1 Å². The second-order valence-electron chi connectivity index (χ2n) is 4.20. The van der Waals surface area contributed by atoms with Crippen LogP contribution in [0, 0.1) is 0 Å². The number of Topliss-reactive ketones (excluding diaryl/α,β-unsaturated/α-hetero) is 1. The van der Waals surface area contributed by atoms with Gasteiger partial charge in [0.2, 0.25) is 5.91 Å². The molecule has 0 spiro atoms. The van der Waals surface area contributed by atoms with Crippen LogP contribution < -0.4 is 0 Å². The molecule has 16 heavy (non-hydrogen) atoms. The third-order valence-corrected chi connectivity index (χ3v) is 3.09. The maximum atomic E-state index is 12.0. The van der Waals surface area contributed by atoms with E-state index < -0.39 is 12.1 Å². The largest absolute Gasteiger partial charge is 0.465 e. The summed E-state index contributed by atoms with van der Waals surface area (Å²) < 4.78 is 0. The second kappa shape index (κ2) is 4.11. The first-order valence-corrected chi connectivity index (χ1v) is 5.39. The molecule has 2 rings (SSSR count). The Hall–Kier alpha value is -1.59. The Labute approximate surface area is 92.8 Å². The standard InChI is InChI=1S/C10H14N2O4/c13-7-5-8(12(6-7)10(15)16)9(14)11-3-1-2-4-11/h8H,1-6H2,(H,15,16). The van der Waals surface area contributed by atoms with Gasteiger partial charge in [-0.05, 0) is 12.8 Å². The molecule has 2 aliphatic heterocycles. The summed E-state index contributed by atoms with van der Waals surface area (Å²) in [5.74, 6) is -0.398. The molecule has 1 atom stereocenters. The van der Waals surface area contributed by atoms with Crippen LogP contribution >= 0.6 is 0 Å². The molecule has 88 valence electrons. The Morgan fingerprint density at radius 3 is 2.44 bits per heavy atom. The Morgan fingerprint density at radius 1 is 1.25 bits per heavy atom. The number of hydrogen-bond acceptors (Lipinski definition) is 3. The van der Waals surface area contributed by atoms with Crippen LogP contribution in [0.4, 0.5) is 4.79 Å². The topological polar surface area (TPSA) is 77.9 Å². The minimum atomic E-state index is -1.19. The number of amides is 2. The molecular weight excluding hydrogens is 212 g/mol. The fourth-order valence-corrected chi connectivity index (χ4v) is 2.26. The third kappa shape index (κ3) is 1.87. The van der Waals surface area contributed by atoms with Crippen LogP contribution in [0.15, 0.2) is 0 Å². The Bertz CT molecular complexity index is 336. The molecule has 0 aromatic rings. The molecule has 0 aliphatic carbocycles. The van der Waals surface area contributed by atoms with E-state index in [1.165, 1.54) is 0 Å². The number of carbonyl (C=O) groups is 3. The number of nitrogens with zero attached hydrogens (tertiary/aromatic N) is 2. The molecule has 0 aromatic heterocycles. The number of carbonyl (C=O) groups excluding carboxylic acids is 2.